The number of thioether (sulfide) groups is 2. The summed E-state index contributed by atoms with van der Waals surface area (Å²) in [7, 11) is 0. The van der Waals surface area contributed by atoms with Crippen molar-refractivity contribution in [1.29, 1.82) is 0 Å². The summed E-state index contributed by atoms with van der Waals surface area (Å²) in [5.74, 6) is -0.407. The molecule has 0 aromatic rings. The van der Waals surface area contributed by atoms with E-state index in [0.717, 1.165) is 11.5 Å². The van der Waals surface area contributed by atoms with Gasteiger partial charge >= 0.3 is 18.0 Å². The number of hydroxylamine groups is 2. The van der Waals surface area contributed by atoms with E-state index in [0.29, 0.717) is 44.2 Å². The van der Waals surface area contributed by atoms with Crippen LogP contribution in [0.3, 0.4) is 0 Å². The molecule has 0 radical (unpaired) electrons. The Balaban J connectivity index is 0.000000992. The molecule has 0 bridgehead atoms. The number of amides is 9. The summed E-state index contributed by atoms with van der Waals surface area (Å²) in [5, 5.41) is 20.2. The van der Waals surface area contributed by atoms with Crippen molar-refractivity contribution in [2.75, 3.05) is 57.6 Å². The summed E-state index contributed by atoms with van der Waals surface area (Å²) < 4.78 is 10.5. The third kappa shape index (κ3) is 15.9. The van der Waals surface area contributed by atoms with Crippen LogP contribution in [0.2, 0.25) is 0 Å². The monoisotopic (exact) mass is 808 g/mol. The van der Waals surface area contributed by atoms with Crippen LogP contribution in [0.25, 0.3) is 0 Å². The molecule has 0 aromatic heterocycles. The van der Waals surface area contributed by atoms with Gasteiger partial charge in [-0.15, -0.1) is 5.06 Å². The van der Waals surface area contributed by atoms with Gasteiger partial charge in [0.15, 0.2) is 0 Å². The molecule has 9 amide bonds. The number of hydrogen-bond donors (Lipinski definition) is 7. The Bertz CT molecular complexity index is 1280. The minimum Gasteiger partial charge on any atom is -0.379 e. The highest BCUT2D eigenvalue weighted by molar-refractivity contribution is 8.00. The van der Waals surface area contributed by atoms with E-state index < -0.39 is 17.8 Å². The number of carbonyl (C=O) groups is 8. The highest BCUT2D eigenvalue weighted by Crippen LogP contribution is 2.32. The molecule has 21 heteroatoms. The molecule has 5 fully saturated rings. The van der Waals surface area contributed by atoms with Gasteiger partial charge in [-0.05, 0) is 0 Å². The van der Waals surface area contributed by atoms with Crippen molar-refractivity contribution in [1.82, 2.24) is 42.3 Å². The lowest BCUT2D eigenvalue weighted by Crippen LogP contribution is -2.40. The van der Waals surface area contributed by atoms with Crippen molar-refractivity contribution >= 4 is 71.1 Å². The lowest BCUT2D eigenvalue weighted by Gasteiger charge is -2.16. The van der Waals surface area contributed by atoms with E-state index in [1.54, 1.807) is 23.5 Å². The van der Waals surface area contributed by atoms with Crippen molar-refractivity contribution in [3.8, 4) is 0 Å². The lowest BCUT2D eigenvalue weighted by atomic mass is 10.1. The fourth-order valence-electron chi connectivity index (χ4n) is 5.63. The molecule has 5 aliphatic heterocycles. The Kier molecular flexibility index (Phi) is 23.5. The summed E-state index contributed by atoms with van der Waals surface area (Å²) in [6, 6.07) is -0.117. The van der Waals surface area contributed by atoms with Crippen LogP contribution < -0.4 is 37.2 Å². The van der Waals surface area contributed by atoms with E-state index in [2.05, 4.69) is 37.2 Å². The number of hydrogen-bond acceptors (Lipinski definition) is 13. The van der Waals surface area contributed by atoms with Gasteiger partial charge in [0.2, 0.25) is 17.7 Å². The molecule has 0 spiro atoms. The third-order valence-electron chi connectivity index (χ3n) is 8.06. The summed E-state index contributed by atoms with van der Waals surface area (Å²) in [4.78, 5) is 96.0. The van der Waals surface area contributed by atoms with E-state index in [-0.39, 0.29) is 133 Å². The average molecular weight is 809 g/mol. The molecule has 5 heterocycles. The molecule has 54 heavy (non-hydrogen) atoms. The van der Waals surface area contributed by atoms with E-state index in [4.69, 9.17) is 14.3 Å². The van der Waals surface area contributed by atoms with Crippen molar-refractivity contribution in [3.63, 3.8) is 0 Å². The molecule has 0 saturated carbocycles. The second-order valence-corrected chi connectivity index (χ2v) is 14.4. The Morgan fingerprint density at radius 2 is 1.09 bits per heavy atom. The molecule has 6 atom stereocenters. The highest BCUT2D eigenvalue weighted by Gasteiger charge is 2.44. The first-order chi connectivity index (χ1) is 24.0. The van der Waals surface area contributed by atoms with Crippen LogP contribution >= 0.6 is 23.5 Å². The van der Waals surface area contributed by atoms with Gasteiger partial charge in [-0.25, -0.2) is 14.4 Å². The zero-order chi connectivity index (χ0) is 36.0. The van der Waals surface area contributed by atoms with Crippen molar-refractivity contribution in [3.05, 3.63) is 0 Å². The lowest BCUT2D eigenvalue weighted by molar-refractivity contribution is -0.198. The predicted molar refractivity (Wildman–Crippen MR) is 205 cm³/mol. The molecular weight excluding hydrogens is 749 g/mol. The van der Waals surface area contributed by atoms with Crippen molar-refractivity contribution < 1.29 is 52.7 Å². The van der Waals surface area contributed by atoms with E-state index in [1.165, 1.54) is 6.92 Å². The number of carbonyl (C=O) groups excluding carboxylic acids is 8. The van der Waals surface area contributed by atoms with Crippen molar-refractivity contribution in [2.24, 2.45) is 0 Å². The van der Waals surface area contributed by atoms with Crippen molar-refractivity contribution in [2.45, 2.75) is 103 Å². The highest BCUT2D eigenvalue weighted by atomic mass is 32.2. The van der Waals surface area contributed by atoms with Crippen LogP contribution in [-0.4, -0.2) is 145 Å². The number of fused-ring (bicyclic) bond motifs is 2. The second-order valence-electron chi connectivity index (χ2n) is 11.9. The average Bonchev–Trinajstić information content (AvgIpc) is 3.87. The molecule has 5 aliphatic rings. The Morgan fingerprint density at radius 3 is 1.54 bits per heavy atom. The first-order valence-corrected chi connectivity index (χ1v) is 18.5. The molecule has 7 N–H and O–H groups in total. The normalized spacial score (nSPS) is 24.1. The molecule has 310 valence electrons. The fourth-order valence-corrected chi connectivity index (χ4v) is 8.59. The SMILES string of the molecule is C.C.C.C.CC(=O)NCCOCCNC(=O)CC1SC[C@@H]2NC(=O)N[C@H]12.O=C(CC1SC[C@@H]2NC(=O)N[C@H]12)NCCOCCC(=O)ON1C(=O)CCC1=O. The minimum absolute atomic E-state index is 0. The number of ether oxygens (including phenoxy) is 2. The van der Waals surface area contributed by atoms with E-state index >= 15 is 0 Å². The zero-order valence-electron chi connectivity index (χ0n) is 27.6. The molecule has 2 unspecified atom stereocenters. The third-order valence-corrected chi connectivity index (χ3v) is 10.9. The number of nitrogens with zero attached hydrogens (tertiary/aromatic N) is 1. The molecule has 0 aliphatic carbocycles. The Morgan fingerprint density at radius 1 is 0.667 bits per heavy atom. The number of nitrogens with one attached hydrogen (secondary N) is 7. The zero-order valence-corrected chi connectivity index (χ0v) is 29.3. The summed E-state index contributed by atoms with van der Waals surface area (Å²) in [6.07, 6.45) is 0.676. The number of imide groups is 1. The van der Waals surface area contributed by atoms with Crippen LogP contribution in [0, 0.1) is 0 Å². The topological polar surface area (TPSA) is 252 Å². The van der Waals surface area contributed by atoms with E-state index in [9.17, 15) is 38.4 Å². The smallest absolute Gasteiger partial charge is 0.335 e. The van der Waals surface area contributed by atoms with Gasteiger partial charge in [0.25, 0.3) is 11.8 Å². The summed E-state index contributed by atoms with van der Waals surface area (Å²) in [6.45, 7) is 3.74. The fraction of sp³-hybridized carbons (Fsp3) is 0.758. The van der Waals surface area contributed by atoms with Crippen LogP contribution in [0.15, 0.2) is 0 Å². The molecule has 5 rings (SSSR count). The van der Waals surface area contributed by atoms with Gasteiger partial charge in [-0.3, -0.25) is 24.0 Å². The molecule has 19 nitrogen and oxygen atoms in total. The first kappa shape index (κ1) is 50.2. The maximum Gasteiger partial charge on any atom is 0.335 e. The van der Waals surface area contributed by atoms with Gasteiger partial charge in [0.1, 0.15) is 0 Å². The minimum atomic E-state index is -0.729. The Hall–Kier alpha value is -3.82. The molecule has 0 aromatic carbocycles. The largest absolute Gasteiger partial charge is 0.379 e. The maximum absolute atomic E-state index is 12.0. The van der Waals surface area contributed by atoms with Crippen LogP contribution in [0.1, 0.15) is 68.7 Å². The number of urea groups is 2. The Labute approximate surface area is 326 Å². The molecule has 5 saturated heterocycles. The van der Waals surface area contributed by atoms with Crippen LogP contribution in [0.5, 0.6) is 0 Å². The predicted octanol–water partition coefficient (Wildman–Crippen LogP) is 0.0272. The van der Waals surface area contributed by atoms with Gasteiger partial charge in [-0.1, -0.05) is 29.7 Å². The first-order valence-electron chi connectivity index (χ1n) is 16.4. The van der Waals surface area contributed by atoms with Gasteiger partial charge in [0.05, 0.1) is 57.0 Å². The van der Waals surface area contributed by atoms with E-state index in [1.807, 2.05) is 0 Å². The van der Waals surface area contributed by atoms with Crippen LogP contribution in [0.4, 0.5) is 9.59 Å². The quantitative estimate of drug-likeness (QED) is 0.0583. The number of rotatable bonds is 17. The summed E-state index contributed by atoms with van der Waals surface area (Å²) >= 11 is 3.36. The molecular formula is C33H60N8O11S2. The summed E-state index contributed by atoms with van der Waals surface area (Å²) in [5.41, 5.74) is 0. The van der Waals surface area contributed by atoms with Gasteiger partial charge in [-0.2, -0.15) is 23.5 Å². The van der Waals surface area contributed by atoms with Gasteiger partial charge < -0.3 is 51.5 Å². The van der Waals surface area contributed by atoms with Gasteiger partial charge in [0, 0.05) is 74.2 Å². The van der Waals surface area contributed by atoms with Crippen LogP contribution in [-0.2, 0) is 43.1 Å². The standard InChI is InChI=1S/C16H22N4O7S.C13H22N4O4S.4CH4/c21-11(7-10-15-9(8-28-10)18-16(25)19-15)17-4-6-26-5-3-14(24)27-20-12(22)1-2-13(20)23;1-8(18)14-2-4-21-5-3-15-11(19)6-10-12-9(7-22-10)16-13(20)17-12;;;;/h9-10,15H,1-8H2,(H,17,21)(H2,18,19,25);9-10,12H,2-7H2,1H3,(H,14,18)(H,15,19)(H2,16,17,20);4*1H4/t9-,10?,15-;9-,10?,12-;;;;/m00..../s1. The second kappa shape index (κ2) is 25.3. The maximum atomic E-state index is 12.0.